The topological polar surface area (TPSA) is 98.9 Å². The second kappa shape index (κ2) is 7.97. The Labute approximate surface area is 165 Å². The molecule has 0 atom stereocenters. The van der Waals surface area contributed by atoms with E-state index < -0.39 is 11.2 Å². The first-order valence-corrected chi connectivity index (χ1v) is 9.73. The highest BCUT2D eigenvalue weighted by Crippen LogP contribution is 2.24. The molecule has 0 bridgehead atoms. The van der Waals surface area contributed by atoms with Gasteiger partial charge in [0.05, 0.1) is 5.75 Å². The van der Waals surface area contributed by atoms with Gasteiger partial charge in [0, 0.05) is 25.7 Å². The van der Waals surface area contributed by atoms with Crippen molar-refractivity contribution in [3.05, 3.63) is 57.0 Å². The molecule has 3 aromatic rings. The van der Waals surface area contributed by atoms with Crippen molar-refractivity contribution in [2.24, 2.45) is 14.1 Å². The minimum Gasteiger partial charge on any atom is -0.325 e. The van der Waals surface area contributed by atoms with E-state index >= 15 is 0 Å². The normalized spacial score (nSPS) is 11.2. The van der Waals surface area contributed by atoms with Gasteiger partial charge < -0.3 is 5.32 Å². The maximum Gasteiger partial charge on any atom is 0.332 e. The molecule has 0 aliphatic heterocycles. The number of aromatic nitrogens is 4. The number of para-hydroxylation sites is 1. The van der Waals surface area contributed by atoms with Crippen molar-refractivity contribution < 1.29 is 4.79 Å². The van der Waals surface area contributed by atoms with E-state index in [1.54, 1.807) is 19.2 Å². The van der Waals surface area contributed by atoms with Gasteiger partial charge in [-0.15, -0.1) is 0 Å². The summed E-state index contributed by atoms with van der Waals surface area (Å²) in [5.41, 5.74) is 0.0441. The predicted octanol–water partition coefficient (Wildman–Crippen LogP) is 1.88. The number of nitrogens with zero attached hydrogens (tertiary/aromatic N) is 4. The summed E-state index contributed by atoms with van der Waals surface area (Å²) in [6, 6.07) is 9.13. The van der Waals surface area contributed by atoms with Crippen LogP contribution in [-0.4, -0.2) is 30.8 Å². The van der Waals surface area contributed by atoms with Gasteiger partial charge in [-0.05, 0) is 12.1 Å². The summed E-state index contributed by atoms with van der Waals surface area (Å²) in [5.74, 6) is 0.378. The zero-order chi connectivity index (χ0) is 20.4. The Morgan fingerprint density at radius 1 is 1.11 bits per heavy atom. The zero-order valence-corrected chi connectivity index (χ0v) is 16.9. The number of anilines is 1. The SMILES string of the molecule is CC(C)c1nc(SCC(=O)Nc2ccccc2)c2c(=O)n(C)c(=O)n(C)c2n1. The number of hydrogen-bond donors (Lipinski definition) is 1. The molecular formula is C19H21N5O3S. The predicted molar refractivity (Wildman–Crippen MR) is 110 cm³/mol. The van der Waals surface area contributed by atoms with Gasteiger partial charge >= 0.3 is 5.69 Å². The molecule has 1 N–H and O–H groups in total. The lowest BCUT2D eigenvalue weighted by atomic mass is 10.2. The number of carbonyl (C=O) groups excluding carboxylic acids is 1. The molecule has 146 valence electrons. The van der Waals surface area contributed by atoms with E-state index in [1.807, 2.05) is 32.0 Å². The lowest BCUT2D eigenvalue weighted by Gasteiger charge is -2.13. The van der Waals surface area contributed by atoms with E-state index in [9.17, 15) is 14.4 Å². The van der Waals surface area contributed by atoms with Crippen molar-refractivity contribution in [2.75, 3.05) is 11.1 Å². The monoisotopic (exact) mass is 399 g/mol. The molecule has 2 aromatic heterocycles. The van der Waals surface area contributed by atoms with Gasteiger partial charge in [0.15, 0.2) is 5.65 Å². The zero-order valence-electron chi connectivity index (χ0n) is 16.1. The average molecular weight is 399 g/mol. The van der Waals surface area contributed by atoms with Crippen LogP contribution in [0, 0.1) is 0 Å². The maximum atomic E-state index is 12.7. The van der Waals surface area contributed by atoms with Crippen LogP contribution in [0.5, 0.6) is 0 Å². The molecule has 0 saturated heterocycles. The highest BCUT2D eigenvalue weighted by molar-refractivity contribution is 8.00. The maximum absolute atomic E-state index is 12.7. The van der Waals surface area contributed by atoms with Gasteiger partial charge in [0.2, 0.25) is 5.91 Å². The molecule has 9 heteroatoms. The number of benzene rings is 1. The number of rotatable bonds is 5. The summed E-state index contributed by atoms with van der Waals surface area (Å²) in [7, 11) is 2.98. The van der Waals surface area contributed by atoms with Crippen LogP contribution in [0.3, 0.4) is 0 Å². The molecule has 0 saturated carbocycles. The molecule has 8 nitrogen and oxygen atoms in total. The van der Waals surface area contributed by atoms with Gasteiger partial charge in [0.25, 0.3) is 5.56 Å². The van der Waals surface area contributed by atoms with Gasteiger partial charge in [0.1, 0.15) is 16.2 Å². The molecule has 1 amide bonds. The van der Waals surface area contributed by atoms with Gasteiger partial charge in [-0.1, -0.05) is 43.8 Å². The van der Waals surface area contributed by atoms with E-state index in [2.05, 4.69) is 15.3 Å². The molecule has 0 radical (unpaired) electrons. The number of amides is 1. The summed E-state index contributed by atoms with van der Waals surface area (Å²) in [4.78, 5) is 46.2. The van der Waals surface area contributed by atoms with Gasteiger partial charge in [-0.2, -0.15) is 0 Å². The van der Waals surface area contributed by atoms with E-state index in [4.69, 9.17) is 0 Å². The number of aryl methyl sites for hydroxylation is 1. The quantitative estimate of drug-likeness (QED) is 0.520. The Kier molecular flexibility index (Phi) is 5.64. The number of hydrogen-bond acceptors (Lipinski definition) is 6. The van der Waals surface area contributed by atoms with Crippen LogP contribution < -0.4 is 16.6 Å². The Hall–Kier alpha value is -2.94. The number of carbonyl (C=O) groups is 1. The fourth-order valence-corrected chi connectivity index (χ4v) is 3.48. The Bertz CT molecular complexity index is 1150. The van der Waals surface area contributed by atoms with Gasteiger partial charge in [-0.25, -0.2) is 14.8 Å². The molecule has 0 aliphatic rings. The van der Waals surface area contributed by atoms with Gasteiger partial charge in [-0.3, -0.25) is 18.7 Å². The second-order valence-corrected chi connectivity index (χ2v) is 7.61. The third kappa shape index (κ3) is 3.84. The molecule has 0 aliphatic carbocycles. The highest BCUT2D eigenvalue weighted by atomic mass is 32.2. The van der Waals surface area contributed by atoms with Crippen molar-refractivity contribution in [1.29, 1.82) is 0 Å². The fourth-order valence-electron chi connectivity index (χ4n) is 2.66. The van der Waals surface area contributed by atoms with Crippen LogP contribution in [0.2, 0.25) is 0 Å². The van der Waals surface area contributed by atoms with Crippen LogP contribution in [0.1, 0.15) is 25.6 Å². The minimum atomic E-state index is -0.473. The highest BCUT2D eigenvalue weighted by Gasteiger charge is 2.19. The molecule has 2 heterocycles. The van der Waals surface area contributed by atoms with Crippen molar-refractivity contribution in [2.45, 2.75) is 24.8 Å². The minimum absolute atomic E-state index is 0.000977. The van der Waals surface area contributed by atoms with E-state index in [0.717, 1.165) is 16.3 Å². The van der Waals surface area contributed by atoms with Crippen molar-refractivity contribution in [3.8, 4) is 0 Å². The third-order valence-corrected chi connectivity index (χ3v) is 5.17. The molecule has 1 aromatic carbocycles. The number of nitrogens with one attached hydrogen (secondary N) is 1. The first kappa shape index (κ1) is 19.8. The third-order valence-electron chi connectivity index (χ3n) is 4.20. The summed E-state index contributed by atoms with van der Waals surface area (Å²) in [6.45, 7) is 3.85. The van der Waals surface area contributed by atoms with E-state index in [1.165, 1.54) is 11.6 Å². The Morgan fingerprint density at radius 2 is 1.79 bits per heavy atom. The summed E-state index contributed by atoms with van der Waals surface area (Å²) < 4.78 is 2.35. The van der Waals surface area contributed by atoms with Crippen LogP contribution in [-0.2, 0) is 18.9 Å². The molecule has 0 spiro atoms. The lowest BCUT2D eigenvalue weighted by molar-refractivity contribution is -0.113. The smallest absolute Gasteiger partial charge is 0.325 e. The van der Waals surface area contributed by atoms with Crippen LogP contribution in [0.25, 0.3) is 11.0 Å². The first-order valence-electron chi connectivity index (χ1n) is 8.75. The largest absolute Gasteiger partial charge is 0.332 e. The number of thioether (sulfide) groups is 1. The second-order valence-electron chi connectivity index (χ2n) is 6.65. The van der Waals surface area contributed by atoms with Crippen molar-refractivity contribution >= 4 is 34.4 Å². The van der Waals surface area contributed by atoms with Crippen LogP contribution in [0.15, 0.2) is 44.9 Å². The molecule has 0 fully saturated rings. The molecule has 0 unspecified atom stereocenters. The summed E-state index contributed by atoms with van der Waals surface area (Å²) in [6.07, 6.45) is 0. The van der Waals surface area contributed by atoms with Crippen molar-refractivity contribution in [3.63, 3.8) is 0 Å². The average Bonchev–Trinajstić information content (AvgIpc) is 2.69. The van der Waals surface area contributed by atoms with Crippen molar-refractivity contribution in [1.82, 2.24) is 19.1 Å². The first-order chi connectivity index (χ1) is 13.3. The Morgan fingerprint density at radius 3 is 2.43 bits per heavy atom. The molecule has 28 heavy (non-hydrogen) atoms. The Balaban J connectivity index is 2.00. The summed E-state index contributed by atoms with van der Waals surface area (Å²) in [5, 5.41) is 3.44. The molecular weight excluding hydrogens is 378 g/mol. The summed E-state index contributed by atoms with van der Waals surface area (Å²) >= 11 is 1.15. The van der Waals surface area contributed by atoms with Crippen LogP contribution >= 0.6 is 11.8 Å². The fraction of sp³-hybridized carbons (Fsp3) is 0.316. The number of fused-ring (bicyclic) bond motifs is 1. The van der Waals surface area contributed by atoms with Crippen LogP contribution in [0.4, 0.5) is 5.69 Å². The van der Waals surface area contributed by atoms with E-state index in [-0.39, 0.29) is 28.6 Å². The lowest BCUT2D eigenvalue weighted by Crippen LogP contribution is -2.38. The standard InChI is InChI=1S/C19H21N5O3S/c1-11(2)15-21-16-14(18(26)24(4)19(27)23(16)3)17(22-15)28-10-13(25)20-12-8-6-5-7-9-12/h5-9,11H,10H2,1-4H3,(H,20,25). The molecule has 3 rings (SSSR count). The van der Waals surface area contributed by atoms with E-state index in [0.29, 0.717) is 16.5 Å².